The number of hydrogen-bond acceptors (Lipinski definition) is 4. The van der Waals surface area contributed by atoms with E-state index in [9.17, 15) is 9.59 Å². The third-order valence-corrected chi connectivity index (χ3v) is 4.55. The van der Waals surface area contributed by atoms with Gasteiger partial charge in [-0.1, -0.05) is 0 Å². The van der Waals surface area contributed by atoms with Gasteiger partial charge in [-0.15, -0.1) is 0 Å². The molecule has 1 aromatic carbocycles. The van der Waals surface area contributed by atoms with Crippen molar-refractivity contribution in [3.05, 3.63) is 29.8 Å². The molecule has 2 amide bonds. The first-order chi connectivity index (χ1) is 11.2. The van der Waals surface area contributed by atoms with Crippen molar-refractivity contribution in [1.82, 2.24) is 9.80 Å². The van der Waals surface area contributed by atoms with Crippen LogP contribution < -0.4 is 4.74 Å². The number of carbonyl (C=O) groups excluding carboxylic acids is 2. The summed E-state index contributed by atoms with van der Waals surface area (Å²) in [5, 5.41) is 0. The molecule has 2 heterocycles. The summed E-state index contributed by atoms with van der Waals surface area (Å²) in [5.74, 6) is 0.849. The minimum Gasteiger partial charge on any atom is -0.497 e. The van der Waals surface area contributed by atoms with Crippen LogP contribution in [0.5, 0.6) is 5.75 Å². The highest BCUT2D eigenvalue weighted by Gasteiger charge is 2.31. The normalized spacial score (nSPS) is 19.8. The van der Waals surface area contributed by atoms with Crippen LogP contribution in [0.25, 0.3) is 0 Å². The summed E-state index contributed by atoms with van der Waals surface area (Å²) in [4.78, 5) is 28.2. The first-order valence-electron chi connectivity index (χ1n) is 7.99. The van der Waals surface area contributed by atoms with Gasteiger partial charge in [0.05, 0.1) is 13.7 Å². The molecule has 124 valence electrons. The Morgan fingerprint density at radius 2 is 1.87 bits per heavy atom. The summed E-state index contributed by atoms with van der Waals surface area (Å²) < 4.78 is 10.3. The Balaban J connectivity index is 1.57. The molecule has 1 aromatic rings. The molecule has 23 heavy (non-hydrogen) atoms. The van der Waals surface area contributed by atoms with E-state index in [4.69, 9.17) is 9.47 Å². The van der Waals surface area contributed by atoms with E-state index in [0.29, 0.717) is 31.8 Å². The van der Waals surface area contributed by atoms with Crippen LogP contribution in [0.15, 0.2) is 24.3 Å². The van der Waals surface area contributed by atoms with Gasteiger partial charge in [-0.25, -0.2) is 0 Å². The second-order valence-corrected chi connectivity index (χ2v) is 5.89. The number of carbonyl (C=O) groups is 2. The summed E-state index contributed by atoms with van der Waals surface area (Å²) in [7, 11) is 1.61. The van der Waals surface area contributed by atoms with Crippen LogP contribution in [0.2, 0.25) is 0 Å². The first-order valence-corrected chi connectivity index (χ1v) is 7.99. The fourth-order valence-electron chi connectivity index (χ4n) is 3.21. The largest absolute Gasteiger partial charge is 0.497 e. The number of amides is 2. The van der Waals surface area contributed by atoms with Gasteiger partial charge in [-0.3, -0.25) is 9.59 Å². The highest BCUT2D eigenvalue weighted by Crippen LogP contribution is 2.21. The van der Waals surface area contributed by atoms with Crippen molar-refractivity contribution < 1.29 is 19.1 Å². The molecule has 0 aliphatic carbocycles. The number of methoxy groups -OCH3 is 1. The van der Waals surface area contributed by atoms with Crippen molar-refractivity contribution in [3.8, 4) is 5.75 Å². The van der Waals surface area contributed by atoms with Crippen LogP contribution >= 0.6 is 0 Å². The summed E-state index contributed by atoms with van der Waals surface area (Å²) in [6.07, 6.45) is 1.65. The van der Waals surface area contributed by atoms with E-state index in [1.54, 1.807) is 31.4 Å². The molecule has 6 nitrogen and oxygen atoms in total. The lowest BCUT2D eigenvalue weighted by Crippen LogP contribution is -2.52. The average Bonchev–Trinajstić information content (AvgIpc) is 2.62. The molecule has 6 heteroatoms. The molecular weight excluding hydrogens is 296 g/mol. The van der Waals surface area contributed by atoms with Gasteiger partial charge in [0.1, 0.15) is 12.4 Å². The lowest BCUT2D eigenvalue weighted by Gasteiger charge is -2.40. The van der Waals surface area contributed by atoms with Crippen molar-refractivity contribution >= 4 is 11.8 Å². The Labute approximate surface area is 136 Å². The maximum absolute atomic E-state index is 12.5. The lowest BCUT2D eigenvalue weighted by molar-refractivity contribution is -0.146. The van der Waals surface area contributed by atoms with Crippen molar-refractivity contribution in [2.45, 2.75) is 18.9 Å². The second kappa shape index (κ2) is 7.00. The third-order valence-electron chi connectivity index (χ3n) is 4.55. The van der Waals surface area contributed by atoms with Gasteiger partial charge in [0.25, 0.3) is 5.91 Å². The lowest BCUT2D eigenvalue weighted by atomic mass is 10.0. The van der Waals surface area contributed by atoms with Gasteiger partial charge in [-0.2, -0.15) is 0 Å². The van der Waals surface area contributed by atoms with Crippen LogP contribution in [0, 0.1) is 0 Å². The number of ether oxygens (including phenoxy) is 2. The Kier molecular flexibility index (Phi) is 4.81. The van der Waals surface area contributed by atoms with Crippen molar-refractivity contribution in [2.75, 3.05) is 40.0 Å². The topological polar surface area (TPSA) is 59.1 Å². The zero-order valence-corrected chi connectivity index (χ0v) is 13.4. The van der Waals surface area contributed by atoms with Crippen LogP contribution in [0.4, 0.5) is 0 Å². The number of likely N-dealkylation sites (tertiary alicyclic amines) is 1. The molecule has 0 spiro atoms. The molecule has 0 N–H and O–H groups in total. The summed E-state index contributed by atoms with van der Waals surface area (Å²) in [5.41, 5.74) is 0.673. The minimum atomic E-state index is 0.0411. The van der Waals surface area contributed by atoms with Gasteiger partial charge in [0, 0.05) is 31.2 Å². The van der Waals surface area contributed by atoms with Gasteiger partial charge < -0.3 is 19.3 Å². The predicted octanol–water partition coefficient (Wildman–Crippen LogP) is 1.16. The third kappa shape index (κ3) is 3.47. The van der Waals surface area contributed by atoms with E-state index in [1.807, 2.05) is 9.80 Å². The summed E-state index contributed by atoms with van der Waals surface area (Å²) in [6.45, 7) is 2.82. The van der Waals surface area contributed by atoms with E-state index in [2.05, 4.69) is 0 Å². The Bertz CT molecular complexity index is 564. The highest BCUT2D eigenvalue weighted by molar-refractivity contribution is 5.94. The van der Waals surface area contributed by atoms with E-state index in [-0.39, 0.29) is 24.5 Å². The highest BCUT2D eigenvalue weighted by atomic mass is 16.5. The monoisotopic (exact) mass is 318 g/mol. The molecule has 3 rings (SSSR count). The molecule has 0 unspecified atom stereocenters. The molecule has 2 saturated heterocycles. The van der Waals surface area contributed by atoms with Crippen molar-refractivity contribution in [2.24, 2.45) is 0 Å². The van der Waals surface area contributed by atoms with E-state index in [0.717, 1.165) is 18.6 Å². The van der Waals surface area contributed by atoms with Gasteiger partial charge in [0.2, 0.25) is 5.91 Å². The average molecular weight is 318 g/mol. The standard InChI is InChI=1S/C17H22N2O4/c1-22-15-4-2-13(3-5-15)17(21)18-8-6-14(7-9-18)19-10-11-23-12-16(19)20/h2-5,14H,6-12H2,1H3. The molecule has 0 atom stereocenters. The molecule has 2 fully saturated rings. The second-order valence-electron chi connectivity index (χ2n) is 5.89. The van der Waals surface area contributed by atoms with Crippen LogP contribution in [-0.2, 0) is 9.53 Å². The summed E-state index contributed by atoms with van der Waals surface area (Å²) >= 11 is 0. The van der Waals surface area contributed by atoms with E-state index >= 15 is 0 Å². The Hall–Kier alpha value is -2.08. The fourth-order valence-corrected chi connectivity index (χ4v) is 3.21. The predicted molar refractivity (Wildman–Crippen MR) is 84.5 cm³/mol. The number of rotatable bonds is 3. The molecule has 2 aliphatic rings. The fraction of sp³-hybridized carbons (Fsp3) is 0.529. The number of nitrogens with zero attached hydrogens (tertiary/aromatic N) is 2. The number of hydrogen-bond donors (Lipinski definition) is 0. The maximum Gasteiger partial charge on any atom is 0.253 e. The van der Waals surface area contributed by atoms with Gasteiger partial charge in [0.15, 0.2) is 0 Å². The molecule has 0 aromatic heterocycles. The van der Waals surface area contributed by atoms with Crippen LogP contribution in [0.1, 0.15) is 23.2 Å². The minimum absolute atomic E-state index is 0.0411. The molecule has 0 saturated carbocycles. The first kappa shape index (κ1) is 15.8. The summed E-state index contributed by atoms with van der Waals surface area (Å²) in [6, 6.07) is 7.40. The zero-order valence-electron chi connectivity index (χ0n) is 13.4. The van der Waals surface area contributed by atoms with Crippen molar-refractivity contribution in [1.29, 1.82) is 0 Å². The Morgan fingerprint density at radius 3 is 2.48 bits per heavy atom. The smallest absolute Gasteiger partial charge is 0.253 e. The molecule has 0 radical (unpaired) electrons. The molecule has 2 aliphatic heterocycles. The number of morpholine rings is 1. The maximum atomic E-state index is 12.5. The van der Waals surface area contributed by atoms with Gasteiger partial charge in [-0.05, 0) is 37.1 Å². The quantitative estimate of drug-likeness (QED) is 0.839. The number of piperidine rings is 1. The van der Waals surface area contributed by atoms with E-state index < -0.39 is 0 Å². The van der Waals surface area contributed by atoms with Gasteiger partial charge >= 0.3 is 0 Å². The van der Waals surface area contributed by atoms with Crippen LogP contribution in [0.3, 0.4) is 0 Å². The zero-order chi connectivity index (χ0) is 16.2. The van der Waals surface area contributed by atoms with Crippen LogP contribution in [-0.4, -0.2) is 67.6 Å². The Morgan fingerprint density at radius 1 is 1.17 bits per heavy atom. The molecular formula is C17H22N2O4. The SMILES string of the molecule is COc1ccc(C(=O)N2CCC(N3CCOCC3=O)CC2)cc1. The number of benzene rings is 1. The van der Waals surface area contributed by atoms with E-state index in [1.165, 1.54) is 0 Å². The van der Waals surface area contributed by atoms with Crippen molar-refractivity contribution in [3.63, 3.8) is 0 Å². The molecule has 0 bridgehead atoms.